The molecular formula is C21H21F9N2O4. The van der Waals surface area contributed by atoms with Crippen molar-refractivity contribution in [3.8, 4) is 0 Å². The van der Waals surface area contributed by atoms with Crippen molar-refractivity contribution in [3.05, 3.63) is 34.9 Å². The molecule has 36 heavy (non-hydrogen) atoms. The SMILES string of the molecule is O=C(O)c1cc(C(F)(F)F)ccc1CN1CCCC12CCN(C(=O)OC(C(F)(F)F)C(F)(F)F)CC2. The number of piperidine rings is 1. The van der Waals surface area contributed by atoms with Gasteiger partial charge in [-0.1, -0.05) is 6.07 Å². The number of carbonyl (C=O) groups excluding carboxylic acids is 1. The summed E-state index contributed by atoms with van der Waals surface area (Å²) < 4.78 is 119. The van der Waals surface area contributed by atoms with Gasteiger partial charge >= 0.3 is 30.6 Å². The number of amides is 1. The first kappa shape index (κ1) is 27.9. The topological polar surface area (TPSA) is 70.1 Å². The van der Waals surface area contributed by atoms with Crippen LogP contribution in [-0.2, 0) is 17.5 Å². The molecule has 2 heterocycles. The minimum absolute atomic E-state index is 0.0333. The number of hydrogen-bond acceptors (Lipinski definition) is 4. The molecular weight excluding hydrogens is 515 g/mol. The third-order valence-corrected chi connectivity index (χ3v) is 6.54. The minimum atomic E-state index is -5.84. The highest BCUT2D eigenvalue weighted by molar-refractivity contribution is 5.89. The second kappa shape index (κ2) is 9.63. The van der Waals surface area contributed by atoms with Gasteiger partial charge in [-0.15, -0.1) is 0 Å². The number of halogens is 9. The summed E-state index contributed by atoms with van der Waals surface area (Å²) in [5.41, 5.74) is -2.18. The van der Waals surface area contributed by atoms with Gasteiger partial charge in [-0.2, -0.15) is 39.5 Å². The lowest BCUT2D eigenvalue weighted by Gasteiger charge is -2.45. The predicted molar refractivity (Wildman–Crippen MR) is 104 cm³/mol. The Morgan fingerprint density at radius 1 is 0.944 bits per heavy atom. The average molecular weight is 536 g/mol. The van der Waals surface area contributed by atoms with E-state index in [1.165, 1.54) is 0 Å². The fraction of sp³-hybridized carbons (Fsp3) is 0.619. The molecule has 0 unspecified atom stereocenters. The Bertz CT molecular complexity index is 969. The van der Waals surface area contributed by atoms with E-state index in [0.29, 0.717) is 25.5 Å². The molecule has 202 valence electrons. The Kier molecular flexibility index (Phi) is 7.46. The molecule has 15 heteroatoms. The molecule has 0 aromatic heterocycles. The maximum absolute atomic E-state index is 13.0. The summed E-state index contributed by atoms with van der Waals surface area (Å²) >= 11 is 0. The molecule has 0 atom stereocenters. The van der Waals surface area contributed by atoms with E-state index in [1.54, 1.807) is 0 Å². The van der Waals surface area contributed by atoms with E-state index < -0.39 is 53.4 Å². The van der Waals surface area contributed by atoms with Crippen molar-refractivity contribution in [1.29, 1.82) is 0 Å². The summed E-state index contributed by atoms with van der Waals surface area (Å²) in [6, 6.07) is 2.37. The van der Waals surface area contributed by atoms with Crippen LogP contribution in [0.4, 0.5) is 44.3 Å². The van der Waals surface area contributed by atoms with Crippen molar-refractivity contribution in [2.75, 3.05) is 19.6 Å². The molecule has 6 nitrogen and oxygen atoms in total. The van der Waals surface area contributed by atoms with Crippen molar-refractivity contribution >= 4 is 12.1 Å². The van der Waals surface area contributed by atoms with Gasteiger partial charge in [-0.3, -0.25) is 4.90 Å². The number of benzene rings is 1. The summed E-state index contributed by atoms with van der Waals surface area (Å²) in [6.45, 7) is -0.0175. The molecule has 2 aliphatic heterocycles. The van der Waals surface area contributed by atoms with Crippen LogP contribution in [0, 0.1) is 0 Å². The largest absolute Gasteiger partial charge is 0.478 e. The summed E-state index contributed by atoms with van der Waals surface area (Å²) in [5.74, 6) is -1.55. The summed E-state index contributed by atoms with van der Waals surface area (Å²) in [4.78, 5) is 26.2. The molecule has 0 radical (unpaired) electrons. The highest BCUT2D eigenvalue weighted by Crippen LogP contribution is 2.41. The Hall–Kier alpha value is -2.71. The molecule has 0 saturated carbocycles. The highest BCUT2D eigenvalue weighted by atomic mass is 19.4. The maximum atomic E-state index is 13.0. The fourth-order valence-corrected chi connectivity index (χ4v) is 4.70. The number of aromatic carboxylic acids is 1. The highest BCUT2D eigenvalue weighted by Gasteiger charge is 2.60. The quantitative estimate of drug-likeness (QED) is 0.518. The summed E-state index contributed by atoms with van der Waals surface area (Å²) in [5, 5.41) is 9.41. The van der Waals surface area contributed by atoms with Crippen LogP contribution in [0.25, 0.3) is 0 Å². The van der Waals surface area contributed by atoms with Crippen LogP contribution >= 0.6 is 0 Å². The molecule has 2 saturated heterocycles. The van der Waals surface area contributed by atoms with Crippen LogP contribution in [0.5, 0.6) is 0 Å². The normalized spacial score (nSPS) is 19.2. The second-order valence-electron chi connectivity index (χ2n) is 8.76. The molecule has 1 amide bonds. The summed E-state index contributed by atoms with van der Waals surface area (Å²) in [7, 11) is 0. The number of hydrogen-bond donors (Lipinski definition) is 1. The van der Waals surface area contributed by atoms with E-state index >= 15 is 0 Å². The fourth-order valence-electron chi connectivity index (χ4n) is 4.70. The van der Waals surface area contributed by atoms with Crippen LogP contribution < -0.4 is 0 Å². The van der Waals surface area contributed by atoms with Gasteiger partial charge in [0.1, 0.15) is 0 Å². The molecule has 1 N–H and O–H groups in total. The minimum Gasteiger partial charge on any atom is -0.478 e. The third kappa shape index (κ3) is 5.98. The van der Waals surface area contributed by atoms with Gasteiger partial charge in [0.05, 0.1) is 11.1 Å². The van der Waals surface area contributed by atoms with E-state index in [2.05, 4.69) is 4.74 Å². The van der Waals surface area contributed by atoms with Crippen LogP contribution in [0.15, 0.2) is 18.2 Å². The zero-order valence-corrected chi connectivity index (χ0v) is 18.4. The average Bonchev–Trinajstić information content (AvgIpc) is 3.11. The van der Waals surface area contributed by atoms with E-state index in [1.807, 2.05) is 4.90 Å². The van der Waals surface area contributed by atoms with Crippen molar-refractivity contribution in [2.24, 2.45) is 0 Å². The zero-order valence-electron chi connectivity index (χ0n) is 18.4. The van der Waals surface area contributed by atoms with Crippen molar-refractivity contribution in [3.63, 3.8) is 0 Å². The number of carboxylic acid groups (broad SMARTS) is 1. The molecule has 0 aliphatic carbocycles. The molecule has 2 fully saturated rings. The molecule has 1 aromatic rings. The van der Waals surface area contributed by atoms with E-state index in [-0.39, 0.29) is 38.0 Å². The van der Waals surface area contributed by atoms with Crippen molar-refractivity contribution in [2.45, 2.75) is 62.4 Å². The van der Waals surface area contributed by atoms with Crippen molar-refractivity contribution < 1.29 is 58.9 Å². The number of carboxylic acids is 1. The van der Waals surface area contributed by atoms with Crippen molar-refractivity contribution in [1.82, 2.24) is 9.80 Å². The first-order valence-electron chi connectivity index (χ1n) is 10.7. The smallest absolute Gasteiger partial charge is 0.434 e. The lowest BCUT2D eigenvalue weighted by Crippen LogP contribution is -2.54. The number of likely N-dealkylation sites (tertiary alicyclic amines) is 2. The molecule has 2 aliphatic rings. The Morgan fingerprint density at radius 3 is 2.03 bits per heavy atom. The molecule has 1 spiro atoms. The van der Waals surface area contributed by atoms with Crippen LogP contribution in [0.3, 0.4) is 0 Å². The van der Waals surface area contributed by atoms with Gasteiger partial charge < -0.3 is 14.7 Å². The van der Waals surface area contributed by atoms with Crippen LogP contribution in [0.2, 0.25) is 0 Å². The second-order valence-corrected chi connectivity index (χ2v) is 8.76. The predicted octanol–water partition coefficient (Wildman–Crippen LogP) is 5.46. The van der Waals surface area contributed by atoms with Gasteiger partial charge in [-0.05, 0) is 49.9 Å². The number of ether oxygens (including phenoxy) is 1. The lowest BCUT2D eigenvalue weighted by atomic mass is 9.84. The van der Waals surface area contributed by atoms with Gasteiger partial charge in [0.2, 0.25) is 0 Å². The number of alkyl halides is 9. The standard InChI is InChI=1S/C21H21F9N2O4/c22-19(23,24)13-3-2-12(14(10-13)15(33)34)11-32-7-1-4-18(32)5-8-31(9-6-18)17(35)36-16(20(25,26)27)21(28,29)30/h2-3,10,16H,1,4-9,11H2,(H,33,34). The first-order chi connectivity index (χ1) is 16.4. The Labute approximate surface area is 198 Å². The maximum Gasteiger partial charge on any atom is 0.434 e. The van der Waals surface area contributed by atoms with Gasteiger partial charge in [-0.25, -0.2) is 9.59 Å². The Balaban J connectivity index is 1.71. The van der Waals surface area contributed by atoms with Crippen LogP contribution in [0.1, 0.15) is 47.2 Å². The summed E-state index contributed by atoms with van der Waals surface area (Å²) in [6.07, 6.45) is -21.0. The monoisotopic (exact) mass is 536 g/mol. The van der Waals surface area contributed by atoms with Gasteiger partial charge in [0.15, 0.2) is 0 Å². The third-order valence-electron chi connectivity index (χ3n) is 6.54. The van der Waals surface area contributed by atoms with Gasteiger partial charge in [0.25, 0.3) is 6.10 Å². The molecule has 0 bridgehead atoms. The number of nitrogens with zero attached hydrogens (tertiary/aromatic N) is 2. The first-order valence-corrected chi connectivity index (χ1v) is 10.7. The van der Waals surface area contributed by atoms with Gasteiger partial charge in [0, 0.05) is 25.2 Å². The molecule has 1 aromatic carbocycles. The van der Waals surface area contributed by atoms with E-state index in [0.717, 1.165) is 17.0 Å². The lowest BCUT2D eigenvalue weighted by molar-refractivity contribution is -0.308. The van der Waals surface area contributed by atoms with E-state index in [4.69, 9.17) is 0 Å². The Morgan fingerprint density at radius 2 is 1.53 bits per heavy atom. The van der Waals surface area contributed by atoms with Crippen LogP contribution in [-0.4, -0.2) is 70.6 Å². The zero-order chi connectivity index (χ0) is 27.1. The number of carbonyl (C=O) groups is 2. The molecule has 3 rings (SSSR count). The number of rotatable bonds is 4. The van der Waals surface area contributed by atoms with E-state index in [9.17, 15) is 54.2 Å².